The summed E-state index contributed by atoms with van der Waals surface area (Å²) >= 11 is 0. The Bertz CT molecular complexity index is 860. The van der Waals surface area contributed by atoms with Gasteiger partial charge in [-0.15, -0.1) is 0 Å². The Morgan fingerprint density at radius 3 is 2.50 bits per heavy atom. The molecule has 0 spiro atoms. The lowest BCUT2D eigenvalue weighted by atomic mass is 10.0. The smallest absolute Gasteiger partial charge is 0.219 e. The Labute approximate surface area is 140 Å². The third kappa shape index (κ3) is 2.62. The molecule has 0 bridgehead atoms. The van der Waals surface area contributed by atoms with Crippen molar-refractivity contribution >= 4 is 22.6 Å². The number of fused-ring (bicyclic) bond motifs is 1. The molecule has 0 atom stereocenters. The van der Waals surface area contributed by atoms with Gasteiger partial charge in [-0.25, -0.2) is 4.98 Å². The minimum atomic E-state index is 0.165. The number of hydrogen-bond acceptors (Lipinski definition) is 3. The van der Waals surface area contributed by atoms with Crippen molar-refractivity contribution in [3.8, 4) is 11.1 Å². The second kappa shape index (κ2) is 6.00. The second-order valence-corrected chi connectivity index (χ2v) is 6.14. The first-order valence-electron chi connectivity index (χ1n) is 8.25. The van der Waals surface area contributed by atoms with Crippen LogP contribution in [0.15, 0.2) is 48.8 Å². The fraction of sp³-hybridized carbons (Fsp3) is 0.263. The monoisotopic (exact) mass is 320 g/mol. The van der Waals surface area contributed by atoms with E-state index in [9.17, 15) is 4.79 Å². The van der Waals surface area contributed by atoms with Crippen LogP contribution in [0.3, 0.4) is 0 Å². The van der Waals surface area contributed by atoms with E-state index in [0.29, 0.717) is 0 Å². The van der Waals surface area contributed by atoms with Gasteiger partial charge in [-0.05, 0) is 35.4 Å². The normalized spacial score (nSPS) is 15.0. The maximum atomic E-state index is 11.4. The van der Waals surface area contributed by atoms with Crippen LogP contribution in [0.25, 0.3) is 22.2 Å². The van der Waals surface area contributed by atoms with Gasteiger partial charge < -0.3 is 14.8 Å². The predicted molar refractivity (Wildman–Crippen MR) is 96.0 cm³/mol. The Kier molecular flexibility index (Phi) is 3.69. The van der Waals surface area contributed by atoms with Gasteiger partial charge in [0, 0.05) is 56.6 Å². The lowest BCUT2D eigenvalue weighted by molar-refractivity contribution is -0.129. The molecule has 1 aromatic carbocycles. The fourth-order valence-electron chi connectivity index (χ4n) is 3.34. The van der Waals surface area contributed by atoms with E-state index in [1.165, 1.54) is 16.8 Å². The highest BCUT2D eigenvalue weighted by Crippen LogP contribution is 2.28. The molecule has 122 valence electrons. The van der Waals surface area contributed by atoms with E-state index >= 15 is 0 Å². The molecule has 1 fully saturated rings. The van der Waals surface area contributed by atoms with Crippen molar-refractivity contribution in [2.75, 3.05) is 31.1 Å². The van der Waals surface area contributed by atoms with Crippen molar-refractivity contribution < 1.29 is 4.79 Å². The minimum absolute atomic E-state index is 0.165. The molecular formula is C19H20N4O. The summed E-state index contributed by atoms with van der Waals surface area (Å²) in [4.78, 5) is 23.2. The van der Waals surface area contributed by atoms with E-state index in [1.54, 1.807) is 6.92 Å². The number of hydrogen-bond donors (Lipinski definition) is 1. The van der Waals surface area contributed by atoms with Gasteiger partial charge in [-0.2, -0.15) is 0 Å². The molecular weight excluding hydrogens is 300 g/mol. The van der Waals surface area contributed by atoms with Crippen molar-refractivity contribution in [2.24, 2.45) is 0 Å². The first-order chi connectivity index (χ1) is 11.7. The number of carbonyl (C=O) groups excluding carboxylic acids is 1. The molecule has 0 unspecified atom stereocenters. The van der Waals surface area contributed by atoms with Gasteiger partial charge in [-0.1, -0.05) is 12.1 Å². The number of amides is 1. The standard InChI is InChI=1S/C19H20N4O/c1-14(24)22-10-12-23(13-11-22)16-4-2-15(3-5-16)17-6-8-20-19-18(17)7-9-21-19/h2-9H,10-13H2,1H3,(H,20,21). The number of aromatic amines is 1. The minimum Gasteiger partial charge on any atom is -0.368 e. The van der Waals surface area contributed by atoms with Crippen molar-refractivity contribution in [2.45, 2.75) is 6.92 Å². The lowest BCUT2D eigenvalue weighted by Gasteiger charge is -2.35. The summed E-state index contributed by atoms with van der Waals surface area (Å²) in [5.41, 5.74) is 4.50. The lowest BCUT2D eigenvalue weighted by Crippen LogP contribution is -2.48. The number of benzene rings is 1. The molecule has 5 nitrogen and oxygen atoms in total. The molecule has 3 heterocycles. The highest BCUT2D eigenvalue weighted by molar-refractivity contribution is 5.93. The molecule has 24 heavy (non-hydrogen) atoms. The number of nitrogens with one attached hydrogen (secondary N) is 1. The first kappa shape index (κ1) is 14.8. The Morgan fingerprint density at radius 2 is 1.79 bits per heavy atom. The van der Waals surface area contributed by atoms with Crippen LogP contribution < -0.4 is 4.90 Å². The van der Waals surface area contributed by atoms with Crippen molar-refractivity contribution in [3.63, 3.8) is 0 Å². The number of nitrogens with zero attached hydrogens (tertiary/aromatic N) is 3. The molecule has 1 aliphatic rings. The number of rotatable bonds is 2. The average molecular weight is 320 g/mol. The third-order valence-electron chi connectivity index (χ3n) is 4.73. The van der Waals surface area contributed by atoms with Crippen molar-refractivity contribution in [1.82, 2.24) is 14.9 Å². The Morgan fingerprint density at radius 1 is 1.04 bits per heavy atom. The topological polar surface area (TPSA) is 52.2 Å². The van der Waals surface area contributed by atoms with Crippen LogP contribution in [-0.4, -0.2) is 47.0 Å². The van der Waals surface area contributed by atoms with Gasteiger partial charge in [0.1, 0.15) is 5.65 Å². The molecule has 4 rings (SSSR count). The number of pyridine rings is 1. The molecule has 1 saturated heterocycles. The molecule has 0 aliphatic carbocycles. The van der Waals surface area contributed by atoms with E-state index in [4.69, 9.17) is 0 Å². The van der Waals surface area contributed by atoms with E-state index < -0.39 is 0 Å². The predicted octanol–water partition coefficient (Wildman–Crippen LogP) is 2.90. The summed E-state index contributed by atoms with van der Waals surface area (Å²) in [6.45, 7) is 5.00. The van der Waals surface area contributed by atoms with E-state index in [-0.39, 0.29) is 5.91 Å². The summed E-state index contributed by atoms with van der Waals surface area (Å²) < 4.78 is 0. The summed E-state index contributed by atoms with van der Waals surface area (Å²) in [5, 5.41) is 1.14. The van der Waals surface area contributed by atoms with Crippen LogP contribution in [0.4, 0.5) is 5.69 Å². The van der Waals surface area contributed by atoms with Gasteiger partial charge in [0.2, 0.25) is 5.91 Å². The number of piperazine rings is 1. The van der Waals surface area contributed by atoms with Crippen molar-refractivity contribution in [3.05, 3.63) is 48.8 Å². The Hall–Kier alpha value is -2.82. The largest absolute Gasteiger partial charge is 0.368 e. The third-order valence-corrected chi connectivity index (χ3v) is 4.73. The van der Waals surface area contributed by atoms with Gasteiger partial charge in [0.15, 0.2) is 0 Å². The molecule has 2 aromatic heterocycles. The van der Waals surface area contributed by atoms with Gasteiger partial charge in [-0.3, -0.25) is 4.79 Å². The maximum Gasteiger partial charge on any atom is 0.219 e. The highest BCUT2D eigenvalue weighted by Gasteiger charge is 2.18. The summed E-state index contributed by atoms with van der Waals surface area (Å²) in [6.07, 6.45) is 3.76. The van der Waals surface area contributed by atoms with Crippen LogP contribution in [0.1, 0.15) is 6.92 Å². The molecule has 1 amide bonds. The van der Waals surface area contributed by atoms with Crippen LogP contribution >= 0.6 is 0 Å². The molecule has 0 radical (unpaired) electrons. The Balaban J connectivity index is 1.55. The molecule has 3 aromatic rings. The van der Waals surface area contributed by atoms with Crippen LogP contribution in [0.2, 0.25) is 0 Å². The zero-order chi connectivity index (χ0) is 16.5. The molecule has 1 aliphatic heterocycles. The second-order valence-electron chi connectivity index (χ2n) is 6.14. The number of anilines is 1. The molecule has 5 heteroatoms. The zero-order valence-corrected chi connectivity index (χ0v) is 13.7. The zero-order valence-electron chi connectivity index (χ0n) is 13.7. The summed E-state index contributed by atoms with van der Waals surface area (Å²) in [5.74, 6) is 0.165. The average Bonchev–Trinajstić information content (AvgIpc) is 3.11. The summed E-state index contributed by atoms with van der Waals surface area (Å²) in [7, 11) is 0. The molecule has 0 saturated carbocycles. The van der Waals surface area contributed by atoms with Gasteiger partial charge in [0.25, 0.3) is 0 Å². The highest BCUT2D eigenvalue weighted by atomic mass is 16.2. The maximum absolute atomic E-state index is 11.4. The van der Waals surface area contributed by atoms with E-state index in [0.717, 1.165) is 37.2 Å². The summed E-state index contributed by atoms with van der Waals surface area (Å²) in [6, 6.07) is 12.8. The van der Waals surface area contributed by atoms with Crippen LogP contribution in [-0.2, 0) is 4.79 Å². The van der Waals surface area contributed by atoms with E-state index in [2.05, 4.69) is 51.3 Å². The number of carbonyl (C=O) groups is 1. The quantitative estimate of drug-likeness (QED) is 0.790. The SMILES string of the molecule is CC(=O)N1CCN(c2ccc(-c3ccnc4[nH]ccc34)cc2)CC1. The van der Waals surface area contributed by atoms with Gasteiger partial charge >= 0.3 is 0 Å². The van der Waals surface area contributed by atoms with Crippen LogP contribution in [0, 0.1) is 0 Å². The first-order valence-corrected chi connectivity index (χ1v) is 8.25. The number of H-pyrrole nitrogens is 1. The van der Waals surface area contributed by atoms with Crippen LogP contribution in [0.5, 0.6) is 0 Å². The van der Waals surface area contributed by atoms with Crippen molar-refractivity contribution in [1.29, 1.82) is 0 Å². The number of aromatic nitrogens is 2. The fourth-order valence-corrected chi connectivity index (χ4v) is 3.34. The van der Waals surface area contributed by atoms with E-state index in [1.807, 2.05) is 17.3 Å². The molecule has 1 N–H and O–H groups in total. The van der Waals surface area contributed by atoms with Gasteiger partial charge in [0.05, 0.1) is 0 Å².